The van der Waals surface area contributed by atoms with Gasteiger partial charge in [-0.15, -0.1) is 0 Å². The van der Waals surface area contributed by atoms with Crippen molar-refractivity contribution in [3.05, 3.63) is 90.5 Å². The highest BCUT2D eigenvalue weighted by atomic mass is 32.2. The largest absolute Gasteiger partial charge is 0.400 e. The summed E-state index contributed by atoms with van der Waals surface area (Å²) >= 11 is 0. The van der Waals surface area contributed by atoms with Gasteiger partial charge >= 0.3 is 0 Å². The fourth-order valence-corrected chi connectivity index (χ4v) is 4.28. The minimum atomic E-state index is -0.0229. The summed E-state index contributed by atoms with van der Waals surface area (Å²) in [6, 6.07) is 30.4. The highest BCUT2D eigenvalue weighted by Gasteiger charge is 2.27. The molecule has 3 aromatic carbocycles. The SMILES string of the molecule is CO.Cc1ccc([S+](c2ccccc2)c2ccccc2)cc1. The molecule has 0 heterocycles. The number of aliphatic hydroxyl groups is 1. The Bertz CT molecular complexity index is 624. The van der Waals surface area contributed by atoms with E-state index < -0.39 is 0 Å². The summed E-state index contributed by atoms with van der Waals surface area (Å²) in [6.07, 6.45) is 0. The van der Waals surface area contributed by atoms with Crippen molar-refractivity contribution in [1.82, 2.24) is 0 Å². The molecule has 22 heavy (non-hydrogen) atoms. The van der Waals surface area contributed by atoms with Gasteiger partial charge in [0, 0.05) is 7.11 Å². The Kier molecular flexibility index (Phi) is 6.26. The molecule has 0 saturated carbocycles. The molecule has 1 N–H and O–H groups in total. The first-order chi connectivity index (χ1) is 10.8. The van der Waals surface area contributed by atoms with E-state index in [2.05, 4.69) is 91.9 Å². The summed E-state index contributed by atoms with van der Waals surface area (Å²) in [4.78, 5) is 4.10. The van der Waals surface area contributed by atoms with Gasteiger partial charge < -0.3 is 5.11 Å². The topological polar surface area (TPSA) is 20.2 Å². The number of rotatable bonds is 3. The molecule has 0 aliphatic rings. The fraction of sp³-hybridized carbons (Fsp3) is 0.100. The highest BCUT2D eigenvalue weighted by molar-refractivity contribution is 7.97. The van der Waals surface area contributed by atoms with Crippen LogP contribution in [0, 0.1) is 6.92 Å². The fourth-order valence-electron chi connectivity index (χ4n) is 2.20. The van der Waals surface area contributed by atoms with Crippen molar-refractivity contribution in [2.45, 2.75) is 21.6 Å². The van der Waals surface area contributed by atoms with Crippen LogP contribution in [0.3, 0.4) is 0 Å². The second kappa shape index (κ2) is 8.42. The Morgan fingerprint density at radius 2 is 0.909 bits per heavy atom. The van der Waals surface area contributed by atoms with Crippen molar-refractivity contribution in [3.63, 3.8) is 0 Å². The van der Waals surface area contributed by atoms with E-state index in [9.17, 15) is 0 Å². The third-order valence-electron chi connectivity index (χ3n) is 3.21. The van der Waals surface area contributed by atoms with Gasteiger partial charge in [0.25, 0.3) is 0 Å². The number of hydrogen-bond donors (Lipinski definition) is 1. The Hall–Kier alpha value is -2.03. The van der Waals surface area contributed by atoms with Crippen LogP contribution in [0.1, 0.15) is 5.56 Å². The van der Waals surface area contributed by atoms with Crippen LogP contribution in [0.4, 0.5) is 0 Å². The van der Waals surface area contributed by atoms with Crippen molar-refractivity contribution in [1.29, 1.82) is 0 Å². The lowest BCUT2D eigenvalue weighted by Crippen LogP contribution is -2.04. The molecule has 112 valence electrons. The Balaban J connectivity index is 0.000000847. The number of aryl methyl sites for hydroxylation is 1. The monoisotopic (exact) mass is 309 g/mol. The molecule has 2 heteroatoms. The van der Waals surface area contributed by atoms with Gasteiger partial charge in [-0.25, -0.2) is 0 Å². The molecule has 3 rings (SSSR count). The maximum absolute atomic E-state index is 7.00. The van der Waals surface area contributed by atoms with Gasteiger partial charge in [0.2, 0.25) is 0 Å². The molecule has 0 aliphatic heterocycles. The molecule has 0 spiro atoms. The number of hydrogen-bond acceptors (Lipinski definition) is 1. The third kappa shape index (κ3) is 4.00. The van der Waals surface area contributed by atoms with E-state index in [4.69, 9.17) is 5.11 Å². The zero-order valence-corrected chi connectivity index (χ0v) is 13.8. The Morgan fingerprint density at radius 3 is 1.32 bits per heavy atom. The van der Waals surface area contributed by atoms with E-state index in [-0.39, 0.29) is 10.9 Å². The van der Waals surface area contributed by atoms with Gasteiger partial charge in [-0.05, 0) is 43.3 Å². The minimum absolute atomic E-state index is 0.0229. The summed E-state index contributed by atoms with van der Waals surface area (Å²) in [7, 11) is 0.977. The Morgan fingerprint density at radius 1 is 0.545 bits per heavy atom. The molecule has 0 saturated heterocycles. The second-order valence-electron chi connectivity index (χ2n) is 4.75. The van der Waals surface area contributed by atoms with Crippen LogP contribution < -0.4 is 0 Å². The summed E-state index contributed by atoms with van der Waals surface area (Å²) in [5.74, 6) is 0. The molecule has 0 fully saturated rings. The van der Waals surface area contributed by atoms with Crippen LogP contribution in [-0.2, 0) is 10.9 Å². The average Bonchev–Trinajstić information content (AvgIpc) is 2.61. The van der Waals surface area contributed by atoms with Crippen LogP contribution in [0.25, 0.3) is 0 Å². The van der Waals surface area contributed by atoms with Crippen molar-refractivity contribution in [3.8, 4) is 0 Å². The van der Waals surface area contributed by atoms with E-state index in [1.165, 1.54) is 20.2 Å². The third-order valence-corrected chi connectivity index (χ3v) is 5.45. The van der Waals surface area contributed by atoms with Crippen molar-refractivity contribution in [2.75, 3.05) is 7.11 Å². The van der Waals surface area contributed by atoms with Crippen LogP contribution in [0.5, 0.6) is 0 Å². The van der Waals surface area contributed by atoms with Crippen LogP contribution in [0.15, 0.2) is 99.6 Å². The molecule has 0 amide bonds. The molecule has 0 unspecified atom stereocenters. The zero-order valence-electron chi connectivity index (χ0n) is 12.9. The molecular weight excluding hydrogens is 288 g/mol. The molecule has 0 aromatic heterocycles. The summed E-state index contributed by atoms with van der Waals surface area (Å²) in [5, 5.41) is 7.00. The molecule has 0 aliphatic carbocycles. The Labute approximate surface area is 135 Å². The lowest BCUT2D eigenvalue weighted by atomic mass is 10.2. The molecule has 0 radical (unpaired) electrons. The normalized spacial score (nSPS) is 10.0. The lowest BCUT2D eigenvalue weighted by molar-refractivity contribution is 0.399. The number of benzene rings is 3. The summed E-state index contributed by atoms with van der Waals surface area (Å²) < 4.78 is 0. The van der Waals surface area contributed by atoms with Gasteiger partial charge in [-0.1, -0.05) is 54.1 Å². The predicted octanol–water partition coefficient (Wildman–Crippen LogP) is 4.70. The van der Waals surface area contributed by atoms with Crippen molar-refractivity contribution >= 4 is 10.9 Å². The minimum Gasteiger partial charge on any atom is -0.400 e. The first-order valence-electron chi connectivity index (χ1n) is 7.20. The summed E-state index contributed by atoms with van der Waals surface area (Å²) in [5.41, 5.74) is 1.30. The molecular formula is C20H21OS+. The van der Waals surface area contributed by atoms with E-state index in [1.807, 2.05) is 0 Å². The second-order valence-corrected chi connectivity index (χ2v) is 6.77. The highest BCUT2D eigenvalue weighted by Crippen LogP contribution is 2.30. The van der Waals surface area contributed by atoms with Gasteiger partial charge in [-0.3, -0.25) is 0 Å². The van der Waals surface area contributed by atoms with E-state index in [0.29, 0.717) is 0 Å². The average molecular weight is 309 g/mol. The van der Waals surface area contributed by atoms with E-state index in [1.54, 1.807) is 0 Å². The van der Waals surface area contributed by atoms with Crippen LogP contribution in [0.2, 0.25) is 0 Å². The molecule has 1 nitrogen and oxygen atoms in total. The smallest absolute Gasteiger partial charge is 0.166 e. The lowest BCUT2D eigenvalue weighted by Gasteiger charge is -2.07. The van der Waals surface area contributed by atoms with E-state index in [0.717, 1.165) is 7.11 Å². The standard InChI is InChI=1S/C19H17S.CH4O/c1-16-12-14-19(15-13-16)20(17-8-4-2-5-9-17)18-10-6-3-7-11-18;1-2/h2-15H,1H3;2H,1H3/q+1;. The van der Waals surface area contributed by atoms with E-state index >= 15 is 0 Å². The maximum atomic E-state index is 7.00. The van der Waals surface area contributed by atoms with Gasteiger partial charge in [-0.2, -0.15) is 0 Å². The quantitative estimate of drug-likeness (QED) is 0.695. The van der Waals surface area contributed by atoms with Crippen LogP contribution >= 0.6 is 0 Å². The first-order valence-corrected chi connectivity index (χ1v) is 8.43. The van der Waals surface area contributed by atoms with Crippen molar-refractivity contribution < 1.29 is 5.11 Å². The van der Waals surface area contributed by atoms with Crippen molar-refractivity contribution in [2.24, 2.45) is 0 Å². The maximum Gasteiger partial charge on any atom is 0.166 e. The zero-order chi connectivity index (χ0) is 15.8. The first kappa shape index (κ1) is 16.3. The molecule has 3 aromatic rings. The molecule has 0 atom stereocenters. The van der Waals surface area contributed by atoms with Gasteiger partial charge in [0.1, 0.15) is 0 Å². The number of aliphatic hydroxyl groups excluding tert-OH is 1. The van der Waals surface area contributed by atoms with Crippen LogP contribution in [-0.4, -0.2) is 12.2 Å². The predicted molar refractivity (Wildman–Crippen MR) is 94.4 cm³/mol. The molecule has 0 bridgehead atoms. The van der Waals surface area contributed by atoms with Gasteiger partial charge in [0.05, 0.1) is 10.9 Å². The summed E-state index contributed by atoms with van der Waals surface area (Å²) in [6.45, 7) is 2.13. The van der Waals surface area contributed by atoms with Gasteiger partial charge in [0.15, 0.2) is 14.7 Å².